The lowest BCUT2D eigenvalue weighted by atomic mass is 10.4. The smallest absolute Gasteiger partial charge is 0.215 e. The van der Waals surface area contributed by atoms with Gasteiger partial charge in [0.2, 0.25) is 9.84 Å². The predicted octanol–water partition coefficient (Wildman–Crippen LogP) is 5.43. The zero-order valence-electron chi connectivity index (χ0n) is 11.8. The maximum absolute atomic E-state index is 11.9. The molecule has 120 valence electrons. The van der Waals surface area contributed by atoms with Gasteiger partial charge in [0.25, 0.3) is 0 Å². The monoisotopic (exact) mass is 490 g/mol. The third-order valence-corrected chi connectivity index (χ3v) is 6.94. The standard InChI is InChI=1S/C16H12Br2O2S3/c17-13-1-5-15(6-2-13)21-9-11-23(19,20)12-10-22-16-7-3-14(18)4-8-16/h1-8H,9,11H2. The van der Waals surface area contributed by atoms with Crippen molar-refractivity contribution in [3.8, 4) is 10.5 Å². The van der Waals surface area contributed by atoms with Crippen molar-refractivity contribution in [2.24, 2.45) is 0 Å². The third kappa shape index (κ3) is 7.36. The molecule has 0 heterocycles. The molecule has 2 rings (SSSR count). The van der Waals surface area contributed by atoms with Gasteiger partial charge in [-0.25, -0.2) is 8.42 Å². The summed E-state index contributed by atoms with van der Waals surface area (Å²) in [5, 5.41) is 5.04. The summed E-state index contributed by atoms with van der Waals surface area (Å²) in [7, 11) is -3.36. The first-order valence-corrected chi connectivity index (χ1v) is 11.5. The van der Waals surface area contributed by atoms with Crippen molar-refractivity contribution in [2.75, 3.05) is 11.5 Å². The molecule has 0 amide bonds. The van der Waals surface area contributed by atoms with E-state index in [1.165, 1.54) is 23.5 Å². The van der Waals surface area contributed by atoms with Crippen molar-refractivity contribution >= 4 is 65.2 Å². The summed E-state index contributed by atoms with van der Waals surface area (Å²) < 4.78 is 25.8. The third-order valence-electron chi connectivity index (χ3n) is 2.61. The number of hydrogen-bond acceptors (Lipinski definition) is 4. The van der Waals surface area contributed by atoms with Crippen LogP contribution in [-0.4, -0.2) is 19.9 Å². The largest absolute Gasteiger partial charge is 0.218 e. The molecule has 0 saturated carbocycles. The first-order valence-electron chi connectivity index (χ1n) is 6.50. The Hall–Kier alpha value is -0.390. The van der Waals surface area contributed by atoms with Crippen LogP contribution in [0.2, 0.25) is 0 Å². The van der Waals surface area contributed by atoms with Gasteiger partial charge in [0.05, 0.1) is 5.75 Å². The highest BCUT2D eigenvalue weighted by Crippen LogP contribution is 2.21. The number of hydrogen-bond donors (Lipinski definition) is 0. The summed E-state index contributed by atoms with van der Waals surface area (Å²) in [6.45, 7) is 0. The van der Waals surface area contributed by atoms with Crippen molar-refractivity contribution in [3.05, 3.63) is 57.5 Å². The Kier molecular flexibility index (Phi) is 7.57. The predicted molar refractivity (Wildman–Crippen MR) is 106 cm³/mol. The minimum Gasteiger partial charge on any atom is -0.215 e. The molecule has 0 aliphatic heterocycles. The van der Waals surface area contributed by atoms with Gasteiger partial charge >= 0.3 is 0 Å². The van der Waals surface area contributed by atoms with Gasteiger partial charge in [-0.05, 0) is 65.5 Å². The molecule has 0 aromatic heterocycles. The van der Waals surface area contributed by atoms with Crippen molar-refractivity contribution in [1.82, 2.24) is 0 Å². The fourth-order valence-corrected chi connectivity index (χ4v) is 4.97. The van der Waals surface area contributed by atoms with Gasteiger partial charge in [-0.2, -0.15) is 0 Å². The van der Waals surface area contributed by atoms with Crippen LogP contribution in [0.4, 0.5) is 0 Å². The molecular weight excluding hydrogens is 480 g/mol. The molecule has 0 radical (unpaired) electrons. The Morgan fingerprint density at radius 3 is 1.96 bits per heavy atom. The van der Waals surface area contributed by atoms with Gasteiger partial charge in [-0.1, -0.05) is 31.9 Å². The minimum absolute atomic E-state index is 0.0433. The molecule has 0 aliphatic rings. The molecular formula is C16H12Br2O2S3. The van der Waals surface area contributed by atoms with E-state index in [0.717, 1.165) is 18.7 Å². The Morgan fingerprint density at radius 1 is 0.870 bits per heavy atom. The summed E-state index contributed by atoms with van der Waals surface area (Å²) in [6, 6.07) is 15.4. The molecule has 0 spiro atoms. The summed E-state index contributed by atoms with van der Waals surface area (Å²) in [5.74, 6) is 0.531. The Balaban J connectivity index is 1.83. The maximum Gasteiger partial charge on any atom is 0.218 e. The molecule has 0 fully saturated rings. The quantitative estimate of drug-likeness (QED) is 0.412. The van der Waals surface area contributed by atoms with E-state index in [1.54, 1.807) is 0 Å². The van der Waals surface area contributed by atoms with Gasteiger partial charge in [0, 0.05) is 29.7 Å². The second-order valence-electron chi connectivity index (χ2n) is 4.38. The molecule has 0 N–H and O–H groups in total. The fraction of sp³-hybridized carbons (Fsp3) is 0.125. The van der Waals surface area contributed by atoms with Crippen molar-refractivity contribution in [3.63, 3.8) is 0 Å². The highest BCUT2D eigenvalue weighted by molar-refractivity contribution is 9.10. The van der Waals surface area contributed by atoms with Crippen LogP contribution in [0.3, 0.4) is 0 Å². The molecule has 0 unspecified atom stereocenters. The second kappa shape index (κ2) is 9.19. The number of rotatable bonds is 5. The molecule has 23 heavy (non-hydrogen) atoms. The normalized spacial score (nSPS) is 10.9. The summed E-state index contributed by atoms with van der Waals surface area (Å²) in [6.07, 6.45) is 0. The molecule has 0 atom stereocenters. The zero-order chi connectivity index (χ0) is 16.7. The van der Waals surface area contributed by atoms with Crippen LogP contribution in [0.15, 0.2) is 67.3 Å². The Labute approximate surface area is 162 Å². The molecule has 2 aromatic carbocycles. The minimum atomic E-state index is -3.36. The lowest BCUT2D eigenvalue weighted by Crippen LogP contribution is -2.04. The molecule has 0 bridgehead atoms. The second-order valence-corrected chi connectivity index (χ2v) is 10.1. The number of halogens is 2. The Morgan fingerprint density at radius 2 is 1.39 bits per heavy atom. The summed E-state index contributed by atoms with van der Waals surface area (Å²) >= 11 is 9.44. The maximum atomic E-state index is 11.9. The lowest BCUT2D eigenvalue weighted by Gasteiger charge is -2.00. The van der Waals surface area contributed by atoms with Gasteiger partial charge in [-0.15, -0.1) is 11.8 Å². The van der Waals surface area contributed by atoms with Crippen LogP contribution in [0, 0.1) is 10.5 Å². The van der Waals surface area contributed by atoms with E-state index in [0.29, 0.717) is 5.75 Å². The average molecular weight is 492 g/mol. The fourth-order valence-electron chi connectivity index (χ4n) is 1.50. The number of sulfone groups is 1. The highest BCUT2D eigenvalue weighted by Gasteiger charge is 2.06. The van der Waals surface area contributed by atoms with Crippen LogP contribution in [0.5, 0.6) is 0 Å². The molecule has 0 aliphatic carbocycles. The molecule has 0 saturated heterocycles. The van der Waals surface area contributed by atoms with E-state index in [-0.39, 0.29) is 5.75 Å². The highest BCUT2D eigenvalue weighted by atomic mass is 79.9. The van der Waals surface area contributed by atoms with E-state index in [2.05, 4.69) is 42.4 Å². The van der Waals surface area contributed by atoms with E-state index in [1.807, 2.05) is 48.5 Å². The lowest BCUT2D eigenvalue weighted by molar-refractivity contribution is 0.607. The SMILES string of the molecule is O=S(=O)(C#CSc1ccc(Br)cc1)CCSc1ccc(Br)cc1. The van der Waals surface area contributed by atoms with Gasteiger partial charge in [-0.3, -0.25) is 0 Å². The van der Waals surface area contributed by atoms with Crippen molar-refractivity contribution in [2.45, 2.75) is 9.79 Å². The Bertz CT molecular complexity index is 805. The van der Waals surface area contributed by atoms with Crippen LogP contribution in [-0.2, 0) is 9.84 Å². The van der Waals surface area contributed by atoms with E-state index >= 15 is 0 Å². The van der Waals surface area contributed by atoms with Crippen molar-refractivity contribution < 1.29 is 8.42 Å². The topological polar surface area (TPSA) is 34.1 Å². The van der Waals surface area contributed by atoms with Crippen LogP contribution >= 0.6 is 55.4 Å². The molecule has 2 aromatic rings. The van der Waals surface area contributed by atoms with Gasteiger partial charge < -0.3 is 0 Å². The first-order chi connectivity index (χ1) is 10.9. The zero-order valence-corrected chi connectivity index (χ0v) is 17.5. The summed E-state index contributed by atoms with van der Waals surface area (Å²) in [5.41, 5.74) is 0. The van der Waals surface area contributed by atoms with Crippen LogP contribution in [0.25, 0.3) is 0 Å². The van der Waals surface area contributed by atoms with E-state index in [4.69, 9.17) is 0 Å². The number of thioether (sulfide) groups is 2. The van der Waals surface area contributed by atoms with Crippen molar-refractivity contribution in [1.29, 1.82) is 0 Å². The molecule has 7 heteroatoms. The summed E-state index contributed by atoms with van der Waals surface area (Å²) in [4.78, 5) is 1.96. The van der Waals surface area contributed by atoms with Crippen LogP contribution < -0.4 is 0 Å². The van der Waals surface area contributed by atoms with E-state index < -0.39 is 9.84 Å². The number of benzene rings is 2. The van der Waals surface area contributed by atoms with Gasteiger partial charge in [0.1, 0.15) is 0 Å². The van der Waals surface area contributed by atoms with E-state index in [9.17, 15) is 8.42 Å². The van der Waals surface area contributed by atoms with Gasteiger partial charge in [0.15, 0.2) is 0 Å². The van der Waals surface area contributed by atoms with Crippen LogP contribution in [0.1, 0.15) is 0 Å². The first kappa shape index (κ1) is 18.9. The average Bonchev–Trinajstić information content (AvgIpc) is 2.51. The molecule has 2 nitrogen and oxygen atoms in total.